The van der Waals surface area contributed by atoms with E-state index in [-0.39, 0.29) is 5.91 Å². The molecule has 19 heavy (non-hydrogen) atoms. The van der Waals surface area contributed by atoms with E-state index < -0.39 is 0 Å². The summed E-state index contributed by atoms with van der Waals surface area (Å²) in [6.45, 7) is 4.67. The first kappa shape index (κ1) is 15.7. The molecule has 0 saturated carbocycles. The van der Waals surface area contributed by atoms with Crippen LogP contribution in [0.4, 0.5) is 0 Å². The molecule has 0 aliphatic rings. The highest BCUT2D eigenvalue weighted by Gasteiger charge is 2.04. The first-order chi connectivity index (χ1) is 9.22. The maximum Gasteiger partial charge on any atom is 0.221 e. The molecule has 0 saturated heterocycles. The van der Waals surface area contributed by atoms with E-state index in [1.165, 1.54) is 18.4 Å². The summed E-state index contributed by atoms with van der Waals surface area (Å²) in [5, 5.41) is 2.97. The topological polar surface area (TPSA) is 32.3 Å². The molecule has 0 bridgehead atoms. The van der Waals surface area contributed by atoms with E-state index in [1.807, 2.05) is 18.2 Å². The van der Waals surface area contributed by atoms with Crippen LogP contribution in [0.1, 0.15) is 38.2 Å². The van der Waals surface area contributed by atoms with Crippen LogP contribution in [0.5, 0.6) is 0 Å². The number of nitrogens with zero attached hydrogens (tertiary/aromatic N) is 1. The molecular weight excluding hydrogens is 236 g/mol. The zero-order chi connectivity index (χ0) is 13.9. The van der Waals surface area contributed by atoms with E-state index in [2.05, 4.69) is 36.3 Å². The zero-order valence-corrected chi connectivity index (χ0v) is 12.2. The lowest BCUT2D eigenvalue weighted by molar-refractivity contribution is -0.121. The van der Waals surface area contributed by atoms with Gasteiger partial charge in [0, 0.05) is 26.1 Å². The van der Waals surface area contributed by atoms with Gasteiger partial charge in [0.1, 0.15) is 0 Å². The van der Waals surface area contributed by atoms with Gasteiger partial charge in [-0.3, -0.25) is 4.79 Å². The second-order valence-corrected chi connectivity index (χ2v) is 5.03. The number of carbonyl (C=O) groups is 1. The molecule has 0 aromatic heterocycles. The Morgan fingerprint density at radius 2 is 1.95 bits per heavy atom. The molecule has 0 radical (unpaired) electrons. The molecule has 3 heteroatoms. The van der Waals surface area contributed by atoms with E-state index >= 15 is 0 Å². The van der Waals surface area contributed by atoms with Gasteiger partial charge in [-0.15, -0.1) is 0 Å². The molecule has 3 nitrogen and oxygen atoms in total. The van der Waals surface area contributed by atoms with Crippen LogP contribution < -0.4 is 5.32 Å². The van der Waals surface area contributed by atoms with Crippen molar-refractivity contribution < 1.29 is 4.79 Å². The Morgan fingerprint density at radius 1 is 1.21 bits per heavy atom. The van der Waals surface area contributed by atoms with Crippen LogP contribution in [-0.2, 0) is 11.3 Å². The van der Waals surface area contributed by atoms with Crippen molar-refractivity contribution in [3.05, 3.63) is 35.9 Å². The molecule has 1 aromatic rings. The second-order valence-electron chi connectivity index (χ2n) is 5.03. The van der Waals surface area contributed by atoms with Gasteiger partial charge in [0.15, 0.2) is 0 Å². The van der Waals surface area contributed by atoms with Crippen molar-refractivity contribution in [2.45, 2.75) is 39.2 Å². The second kappa shape index (κ2) is 9.56. The fourth-order valence-corrected chi connectivity index (χ4v) is 1.96. The lowest BCUT2D eigenvalue weighted by Gasteiger charge is -2.16. The number of amides is 1. The van der Waals surface area contributed by atoms with Gasteiger partial charge in [0.05, 0.1) is 0 Å². The summed E-state index contributed by atoms with van der Waals surface area (Å²) < 4.78 is 0. The normalized spacial score (nSPS) is 10.7. The third-order valence-corrected chi connectivity index (χ3v) is 3.12. The predicted molar refractivity (Wildman–Crippen MR) is 79.9 cm³/mol. The molecule has 0 unspecified atom stereocenters. The molecule has 106 valence electrons. The van der Waals surface area contributed by atoms with Crippen LogP contribution in [0.25, 0.3) is 0 Å². The maximum atomic E-state index is 11.6. The Kier molecular flexibility index (Phi) is 7.91. The first-order valence-electron chi connectivity index (χ1n) is 7.21. The number of rotatable bonds is 9. The van der Waals surface area contributed by atoms with Gasteiger partial charge in [-0.2, -0.15) is 0 Å². The summed E-state index contributed by atoms with van der Waals surface area (Å²) in [5.74, 6) is 0.163. The Labute approximate surface area is 117 Å². The molecule has 0 fully saturated rings. The average molecular weight is 262 g/mol. The van der Waals surface area contributed by atoms with Gasteiger partial charge >= 0.3 is 0 Å². The van der Waals surface area contributed by atoms with E-state index in [9.17, 15) is 4.79 Å². The molecule has 0 spiro atoms. The molecule has 1 amide bonds. The van der Waals surface area contributed by atoms with E-state index in [1.54, 1.807) is 0 Å². The van der Waals surface area contributed by atoms with Crippen LogP contribution in [0.2, 0.25) is 0 Å². The summed E-state index contributed by atoms with van der Waals surface area (Å²) in [5.41, 5.74) is 1.29. The highest BCUT2D eigenvalue weighted by atomic mass is 16.1. The van der Waals surface area contributed by atoms with Crippen molar-refractivity contribution in [2.75, 3.05) is 20.1 Å². The maximum absolute atomic E-state index is 11.6. The molecular formula is C16H26N2O. The fourth-order valence-electron chi connectivity index (χ4n) is 1.96. The molecule has 0 heterocycles. The number of carbonyl (C=O) groups excluding carboxylic acids is 1. The average Bonchev–Trinajstić information content (AvgIpc) is 2.42. The Balaban J connectivity index is 2.12. The quantitative estimate of drug-likeness (QED) is 0.694. The molecule has 1 rings (SSSR count). The number of hydrogen-bond acceptors (Lipinski definition) is 2. The first-order valence-corrected chi connectivity index (χ1v) is 7.21. The SMILES string of the molecule is CCCCCNC(=O)CCN(C)Cc1ccccc1. The predicted octanol–water partition coefficient (Wildman–Crippen LogP) is 2.81. The van der Waals surface area contributed by atoms with Crippen LogP contribution >= 0.6 is 0 Å². The van der Waals surface area contributed by atoms with Crippen molar-refractivity contribution in [3.63, 3.8) is 0 Å². The van der Waals surface area contributed by atoms with Crippen LogP contribution in [0.15, 0.2) is 30.3 Å². The van der Waals surface area contributed by atoms with E-state index in [0.29, 0.717) is 6.42 Å². The van der Waals surface area contributed by atoms with E-state index in [4.69, 9.17) is 0 Å². The molecule has 0 aliphatic heterocycles. The van der Waals surface area contributed by atoms with Crippen molar-refractivity contribution in [1.82, 2.24) is 10.2 Å². The monoisotopic (exact) mass is 262 g/mol. The summed E-state index contributed by atoms with van der Waals surface area (Å²) in [6, 6.07) is 10.3. The zero-order valence-electron chi connectivity index (χ0n) is 12.2. The van der Waals surface area contributed by atoms with Gasteiger partial charge in [0.25, 0.3) is 0 Å². The summed E-state index contributed by atoms with van der Waals surface area (Å²) in [4.78, 5) is 13.8. The summed E-state index contributed by atoms with van der Waals surface area (Å²) in [6.07, 6.45) is 4.04. The minimum Gasteiger partial charge on any atom is -0.356 e. The summed E-state index contributed by atoms with van der Waals surface area (Å²) in [7, 11) is 2.05. The van der Waals surface area contributed by atoms with Crippen LogP contribution in [-0.4, -0.2) is 30.9 Å². The Morgan fingerprint density at radius 3 is 2.63 bits per heavy atom. The lowest BCUT2D eigenvalue weighted by atomic mass is 10.2. The van der Waals surface area contributed by atoms with Crippen LogP contribution in [0, 0.1) is 0 Å². The van der Waals surface area contributed by atoms with E-state index in [0.717, 1.165) is 26.1 Å². The Hall–Kier alpha value is -1.35. The number of hydrogen-bond donors (Lipinski definition) is 1. The highest BCUT2D eigenvalue weighted by Crippen LogP contribution is 2.02. The molecule has 1 N–H and O–H groups in total. The van der Waals surface area contributed by atoms with Gasteiger partial charge in [0.2, 0.25) is 5.91 Å². The molecule has 1 aromatic carbocycles. The van der Waals surface area contributed by atoms with Gasteiger partial charge in [-0.25, -0.2) is 0 Å². The number of benzene rings is 1. The summed E-state index contributed by atoms with van der Waals surface area (Å²) >= 11 is 0. The van der Waals surface area contributed by atoms with Crippen molar-refractivity contribution in [3.8, 4) is 0 Å². The molecule has 0 atom stereocenters. The van der Waals surface area contributed by atoms with Crippen molar-refractivity contribution in [1.29, 1.82) is 0 Å². The van der Waals surface area contributed by atoms with Crippen molar-refractivity contribution in [2.24, 2.45) is 0 Å². The van der Waals surface area contributed by atoms with Gasteiger partial charge in [-0.1, -0.05) is 50.1 Å². The minimum absolute atomic E-state index is 0.163. The number of nitrogens with one attached hydrogen (secondary N) is 1. The smallest absolute Gasteiger partial charge is 0.221 e. The highest BCUT2D eigenvalue weighted by molar-refractivity contribution is 5.75. The molecule has 0 aliphatic carbocycles. The number of unbranched alkanes of at least 4 members (excludes halogenated alkanes) is 2. The largest absolute Gasteiger partial charge is 0.356 e. The van der Waals surface area contributed by atoms with Crippen LogP contribution in [0.3, 0.4) is 0 Å². The fraction of sp³-hybridized carbons (Fsp3) is 0.562. The third kappa shape index (κ3) is 7.62. The lowest BCUT2D eigenvalue weighted by Crippen LogP contribution is -2.29. The third-order valence-electron chi connectivity index (χ3n) is 3.12. The standard InChI is InChI=1S/C16H26N2O/c1-3-4-8-12-17-16(19)11-13-18(2)14-15-9-6-5-7-10-15/h5-7,9-10H,3-4,8,11-14H2,1-2H3,(H,17,19). The van der Waals surface area contributed by atoms with Gasteiger partial charge < -0.3 is 10.2 Å². The Bertz CT molecular complexity index is 351. The van der Waals surface area contributed by atoms with Crippen molar-refractivity contribution >= 4 is 5.91 Å². The van der Waals surface area contributed by atoms with Gasteiger partial charge in [-0.05, 0) is 19.0 Å². The minimum atomic E-state index is 0.163.